The van der Waals surface area contributed by atoms with Crippen molar-refractivity contribution in [3.8, 4) is 17.2 Å². The van der Waals surface area contributed by atoms with Gasteiger partial charge in [0.25, 0.3) is 11.7 Å². The lowest BCUT2D eigenvalue weighted by Gasteiger charge is -2.16. The number of carbonyl (C=O) groups is 1. The minimum atomic E-state index is -4.98. The van der Waals surface area contributed by atoms with Crippen LogP contribution >= 0.6 is 0 Å². The number of hydrogen-bond acceptors (Lipinski definition) is 5. The molecule has 0 aliphatic heterocycles. The molecule has 0 bridgehead atoms. The number of alkyl halides is 3. The molecule has 0 saturated carbocycles. The quantitative estimate of drug-likeness (QED) is 0.536. The number of nitrogens with one attached hydrogen (secondary N) is 1. The predicted octanol–water partition coefficient (Wildman–Crippen LogP) is 5.21. The van der Waals surface area contributed by atoms with Crippen LogP contribution in [0.2, 0.25) is 0 Å². The van der Waals surface area contributed by atoms with Crippen LogP contribution in [0.25, 0.3) is 11.0 Å². The summed E-state index contributed by atoms with van der Waals surface area (Å²) < 4.78 is 57.0. The zero-order valence-electron chi connectivity index (χ0n) is 17.7. The van der Waals surface area contributed by atoms with E-state index >= 15 is 0 Å². The van der Waals surface area contributed by atoms with Crippen molar-refractivity contribution in [2.24, 2.45) is 0 Å². The van der Waals surface area contributed by atoms with Gasteiger partial charge in [-0.2, -0.15) is 13.2 Å². The van der Waals surface area contributed by atoms with Gasteiger partial charge in [0.15, 0.2) is 6.61 Å². The molecule has 6 nitrogen and oxygen atoms in total. The average Bonchev–Trinajstić information content (AvgIpc) is 2.75. The zero-order valence-corrected chi connectivity index (χ0v) is 17.7. The topological polar surface area (TPSA) is 77.8 Å². The van der Waals surface area contributed by atoms with Crippen LogP contribution in [0.3, 0.4) is 0 Å². The van der Waals surface area contributed by atoms with Crippen molar-refractivity contribution in [1.29, 1.82) is 0 Å². The van der Waals surface area contributed by atoms with Gasteiger partial charge in [-0.15, -0.1) is 0 Å². The van der Waals surface area contributed by atoms with Crippen LogP contribution < -0.4 is 20.2 Å². The molecule has 1 amide bonds. The Morgan fingerprint density at radius 2 is 1.84 bits per heavy atom. The van der Waals surface area contributed by atoms with Gasteiger partial charge in [-0.05, 0) is 44.5 Å². The molecule has 1 N–H and O–H groups in total. The zero-order chi connectivity index (χ0) is 23.5. The van der Waals surface area contributed by atoms with E-state index in [1.165, 1.54) is 31.2 Å². The van der Waals surface area contributed by atoms with Crippen molar-refractivity contribution in [3.05, 3.63) is 64.0 Å². The summed E-state index contributed by atoms with van der Waals surface area (Å²) in [6, 6.07) is 10.3. The third-order valence-electron chi connectivity index (χ3n) is 4.82. The minimum Gasteiger partial charge on any atom is -0.483 e. The van der Waals surface area contributed by atoms with Crippen LogP contribution in [0.5, 0.6) is 17.2 Å². The minimum absolute atomic E-state index is 0.0424. The molecule has 0 spiro atoms. The largest absolute Gasteiger partial charge is 0.483 e. The highest BCUT2D eigenvalue weighted by Gasteiger charge is 2.40. The van der Waals surface area contributed by atoms with Crippen LogP contribution in [0, 0.1) is 6.92 Å². The van der Waals surface area contributed by atoms with Gasteiger partial charge in [-0.1, -0.05) is 25.1 Å². The van der Waals surface area contributed by atoms with E-state index < -0.39 is 23.1 Å². The molecule has 0 saturated heterocycles. The molecular weight excluding hydrogens is 427 g/mol. The van der Waals surface area contributed by atoms with E-state index in [1.54, 1.807) is 18.2 Å². The fourth-order valence-electron chi connectivity index (χ4n) is 2.96. The lowest BCUT2D eigenvalue weighted by molar-refractivity contribution is -0.154. The summed E-state index contributed by atoms with van der Waals surface area (Å²) in [6.07, 6.45) is -4.24. The number of fused-ring (bicyclic) bond motifs is 1. The molecule has 2 aromatic carbocycles. The van der Waals surface area contributed by atoms with Crippen LogP contribution in [0.1, 0.15) is 31.6 Å². The standard InChI is InChI=1S/C23H22F3NO5/c1-4-13(2)27-18(28)12-30-17-11-10-16-19(29)21(31-15-8-6-5-7-9-15)22(23(24,25)26)32-20(16)14(17)3/h5-11,13H,4,12H2,1-3H3,(H,27,28)/t13-/m0/s1. The maximum absolute atomic E-state index is 13.7. The van der Waals surface area contributed by atoms with Crippen molar-refractivity contribution >= 4 is 16.9 Å². The maximum atomic E-state index is 13.7. The molecule has 9 heteroatoms. The van der Waals surface area contributed by atoms with Gasteiger partial charge in [0, 0.05) is 11.6 Å². The molecule has 32 heavy (non-hydrogen) atoms. The molecule has 3 rings (SSSR count). The molecule has 0 radical (unpaired) electrons. The first kappa shape index (κ1) is 23.2. The Balaban J connectivity index is 2.02. The number of ether oxygens (including phenoxy) is 2. The Morgan fingerprint density at radius 1 is 1.16 bits per heavy atom. The van der Waals surface area contributed by atoms with Gasteiger partial charge >= 0.3 is 6.18 Å². The second-order valence-corrected chi connectivity index (χ2v) is 7.23. The fourth-order valence-corrected chi connectivity index (χ4v) is 2.96. The Bertz CT molecular complexity index is 1170. The van der Waals surface area contributed by atoms with Crippen molar-refractivity contribution in [2.75, 3.05) is 6.61 Å². The molecule has 1 atom stereocenters. The van der Waals surface area contributed by atoms with E-state index in [0.717, 1.165) is 6.42 Å². The van der Waals surface area contributed by atoms with Crippen molar-refractivity contribution in [2.45, 2.75) is 39.4 Å². The first-order valence-corrected chi connectivity index (χ1v) is 9.94. The number of amides is 1. The summed E-state index contributed by atoms with van der Waals surface area (Å²) in [7, 11) is 0. The Kier molecular flexibility index (Phi) is 6.76. The van der Waals surface area contributed by atoms with Crippen LogP contribution in [-0.2, 0) is 11.0 Å². The summed E-state index contributed by atoms with van der Waals surface area (Å²) in [6.45, 7) is 4.87. The molecule has 170 valence electrons. The number of rotatable bonds is 7. The number of hydrogen-bond donors (Lipinski definition) is 1. The lowest BCUT2D eigenvalue weighted by Crippen LogP contribution is -2.35. The maximum Gasteiger partial charge on any atom is 0.453 e. The second kappa shape index (κ2) is 9.33. The summed E-state index contributed by atoms with van der Waals surface area (Å²) in [5.41, 5.74) is -1.10. The van der Waals surface area contributed by atoms with E-state index in [4.69, 9.17) is 13.9 Å². The third kappa shape index (κ3) is 5.04. The van der Waals surface area contributed by atoms with Crippen molar-refractivity contribution < 1.29 is 31.9 Å². The molecule has 0 fully saturated rings. The number of carbonyl (C=O) groups excluding carboxylic acids is 1. The number of halogens is 3. The second-order valence-electron chi connectivity index (χ2n) is 7.23. The fraction of sp³-hybridized carbons (Fsp3) is 0.304. The monoisotopic (exact) mass is 449 g/mol. The normalized spacial score (nSPS) is 12.4. The van der Waals surface area contributed by atoms with Crippen molar-refractivity contribution in [1.82, 2.24) is 5.32 Å². The van der Waals surface area contributed by atoms with Gasteiger partial charge in [0.2, 0.25) is 11.2 Å². The smallest absolute Gasteiger partial charge is 0.453 e. The molecule has 3 aromatic rings. The lowest BCUT2D eigenvalue weighted by atomic mass is 10.1. The van der Waals surface area contributed by atoms with Gasteiger partial charge in [-0.25, -0.2) is 0 Å². The van der Waals surface area contributed by atoms with E-state index in [-0.39, 0.29) is 46.6 Å². The highest BCUT2D eigenvalue weighted by Crippen LogP contribution is 2.39. The first-order valence-electron chi connectivity index (χ1n) is 9.94. The van der Waals surface area contributed by atoms with Crippen molar-refractivity contribution in [3.63, 3.8) is 0 Å². The molecule has 1 aromatic heterocycles. The number of aryl methyl sites for hydroxylation is 1. The number of para-hydroxylation sites is 1. The average molecular weight is 449 g/mol. The summed E-state index contributed by atoms with van der Waals surface area (Å²) in [5, 5.41) is 2.62. The third-order valence-corrected chi connectivity index (χ3v) is 4.82. The Hall–Kier alpha value is -3.49. The van der Waals surface area contributed by atoms with Crippen LogP contribution in [-0.4, -0.2) is 18.6 Å². The SMILES string of the molecule is CC[C@H](C)NC(=O)COc1ccc2c(=O)c(Oc3ccccc3)c(C(F)(F)F)oc2c1C. The Labute approximate surface area is 181 Å². The van der Waals surface area contributed by atoms with Crippen LogP contribution in [0.15, 0.2) is 51.7 Å². The molecule has 0 unspecified atom stereocenters. The van der Waals surface area contributed by atoms with Gasteiger partial charge in [0.1, 0.15) is 17.1 Å². The molecule has 0 aliphatic carbocycles. The number of benzene rings is 2. The van der Waals surface area contributed by atoms with Gasteiger partial charge < -0.3 is 19.2 Å². The first-order chi connectivity index (χ1) is 15.1. The van der Waals surface area contributed by atoms with E-state index in [9.17, 15) is 22.8 Å². The highest BCUT2D eigenvalue weighted by molar-refractivity contribution is 5.84. The van der Waals surface area contributed by atoms with E-state index in [0.29, 0.717) is 0 Å². The van der Waals surface area contributed by atoms with Crippen LogP contribution in [0.4, 0.5) is 13.2 Å². The van der Waals surface area contributed by atoms with Gasteiger partial charge in [0.05, 0.1) is 5.39 Å². The van der Waals surface area contributed by atoms with E-state index in [2.05, 4.69) is 5.32 Å². The molecular formula is C23H22F3NO5. The highest BCUT2D eigenvalue weighted by atomic mass is 19.4. The van der Waals surface area contributed by atoms with Gasteiger partial charge in [-0.3, -0.25) is 9.59 Å². The Morgan fingerprint density at radius 3 is 2.47 bits per heavy atom. The summed E-state index contributed by atoms with van der Waals surface area (Å²) >= 11 is 0. The molecule has 0 aliphatic rings. The summed E-state index contributed by atoms with van der Waals surface area (Å²) in [5.74, 6) is -2.67. The summed E-state index contributed by atoms with van der Waals surface area (Å²) in [4.78, 5) is 24.8. The predicted molar refractivity (Wildman–Crippen MR) is 112 cm³/mol. The van der Waals surface area contributed by atoms with E-state index in [1.807, 2.05) is 13.8 Å². The molecule has 1 heterocycles.